The molecule has 0 saturated carbocycles. The van der Waals surface area contributed by atoms with E-state index in [9.17, 15) is 0 Å². The summed E-state index contributed by atoms with van der Waals surface area (Å²) in [6.45, 7) is 0. The molecule has 0 heterocycles. The van der Waals surface area contributed by atoms with E-state index >= 15 is 0 Å². The number of methoxy groups -OCH3 is 1. The van der Waals surface area contributed by atoms with Crippen molar-refractivity contribution in [3.63, 3.8) is 0 Å². The minimum absolute atomic E-state index is 0.783. The van der Waals surface area contributed by atoms with Crippen molar-refractivity contribution in [3.8, 4) is 0 Å². The maximum Gasteiger partial charge on any atom is 0.102 e. The highest BCUT2D eigenvalue weighted by Gasteiger charge is 2.03. The Balaban J connectivity index is 2.10. The Labute approximate surface area is 126 Å². The molecule has 0 amide bonds. The third kappa shape index (κ3) is 4.92. The summed E-state index contributed by atoms with van der Waals surface area (Å²) in [6, 6.07) is 20.7. The van der Waals surface area contributed by atoms with Crippen LogP contribution >= 0.6 is 0 Å². The molecule has 2 rings (SSSR count). The van der Waals surface area contributed by atoms with Crippen molar-refractivity contribution in [2.24, 2.45) is 4.99 Å². The lowest BCUT2D eigenvalue weighted by molar-refractivity contribution is 0.284. The summed E-state index contributed by atoms with van der Waals surface area (Å²) < 4.78 is 5.50. The van der Waals surface area contributed by atoms with E-state index in [2.05, 4.69) is 29.3 Å². The van der Waals surface area contributed by atoms with Gasteiger partial charge in [0.1, 0.15) is 5.76 Å². The normalized spacial score (nSPS) is 12.3. The van der Waals surface area contributed by atoms with Crippen molar-refractivity contribution in [2.45, 2.75) is 12.8 Å². The van der Waals surface area contributed by atoms with Gasteiger partial charge in [-0.3, -0.25) is 4.99 Å². The molecular weight excluding hydrogens is 258 g/mol. The highest BCUT2D eigenvalue weighted by atomic mass is 16.5. The molecule has 0 spiro atoms. The molecule has 2 aromatic rings. The Kier molecular flexibility index (Phi) is 5.77. The van der Waals surface area contributed by atoms with E-state index in [-0.39, 0.29) is 0 Å². The SMILES string of the molecule is C/N=C(/C=C(/Cc1ccccc1)OC)Cc1ccccc1. The molecule has 0 N–H and O–H groups in total. The second kappa shape index (κ2) is 8.05. The fraction of sp³-hybridized carbons (Fsp3) is 0.211. The van der Waals surface area contributed by atoms with Crippen LogP contribution in [0.1, 0.15) is 11.1 Å². The van der Waals surface area contributed by atoms with Gasteiger partial charge in [-0.25, -0.2) is 0 Å². The van der Waals surface area contributed by atoms with Crippen molar-refractivity contribution >= 4 is 5.71 Å². The molecule has 0 bridgehead atoms. The summed E-state index contributed by atoms with van der Waals surface area (Å²) in [5.74, 6) is 0.928. The predicted molar refractivity (Wildman–Crippen MR) is 88.7 cm³/mol. The van der Waals surface area contributed by atoms with Gasteiger partial charge in [0, 0.05) is 25.6 Å². The van der Waals surface area contributed by atoms with E-state index in [1.165, 1.54) is 11.1 Å². The molecule has 0 atom stereocenters. The molecule has 108 valence electrons. The molecule has 0 fully saturated rings. The van der Waals surface area contributed by atoms with Gasteiger partial charge < -0.3 is 4.74 Å². The zero-order valence-corrected chi connectivity index (χ0v) is 12.6. The van der Waals surface area contributed by atoms with Crippen LogP contribution in [-0.2, 0) is 17.6 Å². The lowest BCUT2D eigenvalue weighted by Gasteiger charge is -2.08. The summed E-state index contributed by atoms with van der Waals surface area (Å²) in [5.41, 5.74) is 3.51. The highest BCUT2D eigenvalue weighted by molar-refractivity contribution is 5.96. The van der Waals surface area contributed by atoms with Gasteiger partial charge in [0.05, 0.1) is 7.11 Å². The molecule has 0 unspecified atom stereocenters. The second-order valence-electron chi connectivity index (χ2n) is 4.85. The first-order valence-electron chi connectivity index (χ1n) is 7.10. The third-order valence-electron chi connectivity index (χ3n) is 3.33. The zero-order chi connectivity index (χ0) is 14.9. The molecule has 0 aliphatic rings. The number of aliphatic imine (C=N–C) groups is 1. The average Bonchev–Trinajstić information content (AvgIpc) is 2.55. The van der Waals surface area contributed by atoms with Crippen molar-refractivity contribution in [1.29, 1.82) is 0 Å². The summed E-state index contributed by atoms with van der Waals surface area (Å²) in [6.07, 6.45) is 3.64. The van der Waals surface area contributed by atoms with Crippen LogP contribution in [0.15, 0.2) is 77.5 Å². The van der Waals surface area contributed by atoms with Crippen molar-refractivity contribution in [3.05, 3.63) is 83.6 Å². The van der Waals surface area contributed by atoms with E-state index < -0.39 is 0 Å². The van der Waals surface area contributed by atoms with Crippen LogP contribution in [0.4, 0.5) is 0 Å². The lowest BCUT2D eigenvalue weighted by Crippen LogP contribution is -2.03. The van der Waals surface area contributed by atoms with Crippen LogP contribution in [-0.4, -0.2) is 19.9 Å². The second-order valence-corrected chi connectivity index (χ2v) is 4.85. The Hall–Kier alpha value is -2.35. The Morgan fingerprint density at radius 3 is 1.90 bits per heavy atom. The topological polar surface area (TPSA) is 21.6 Å². The maximum atomic E-state index is 5.50. The van der Waals surface area contributed by atoms with Gasteiger partial charge in [-0.05, 0) is 17.2 Å². The minimum atomic E-state index is 0.783. The molecular formula is C19H21NO. The monoisotopic (exact) mass is 279 g/mol. The molecule has 0 aliphatic heterocycles. The lowest BCUT2D eigenvalue weighted by atomic mass is 10.1. The molecule has 0 radical (unpaired) electrons. The van der Waals surface area contributed by atoms with E-state index in [1.807, 2.05) is 49.5 Å². The van der Waals surface area contributed by atoms with Crippen LogP contribution in [0.5, 0.6) is 0 Å². The maximum absolute atomic E-state index is 5.50. The minimum Gasteiger partial charge on any atom is -0.501 e. The van der Waals surface area contributed by atoms with Crippen molar-refractivity contribution in [2.75, 3.05) is 14.2 Å². The predicted octanol–water partition coefficient (Wildman–Crippen LogP) is 4.07. The fourth-order valence-corrected chi connectivity index (χ4v) is 2.16. The Morgan fingerprint density at radius 2 is 1.43 bits per heavy atom. The van der Waals surface area contributed by atoms with Crippen LogP contribution < -0.4 is 0 Å². The molecule has 0 aromatic heterocycles. The largest absolute Gasteiger partial charge is 0.501 e. The van der Waals surface area contributed by atoms with E-state index in [1.54, 1.807) is 7.11 Å². The quantitative estimate of drug-likeness (QED) is 0.577. The fourth-order valence-electron chi connectivity index (χ4n) is 2.16. The number of nitrogens with zero attached hydrogens (tertiary/aromatic N) is 1. The number of hydrogen-bond donors (Lipinski definition) is 0. The van der Waals surface area contributed by atoms with E-state index in [4.69, 9.17) is 4.74 Å². The van der Waals surface area contributed by atoms with Gasteiger partial charge in [-0.1, -0.05) is 60.7 Å². The van der Waals surface area contributed by atoms with Crippen LogP contribution in [0, 0.1) is 0 Å². The summed E-state index contributed by atoms with van der Waals surface area (Å²) in [4.78, 5) is 4.37. The third-order valence-corrected chi connectivity index (χ3v) is 3.33. The number of rotatable bonds is 6. The Bertz CT molecular complexity index is 600. The van der Waals surface area contributed by atoms with Crippen molar-refractivity contribution in [1.82, 2.24) is 0 Å². The summed E-state index contributed by atoms with van der Waals surface area (Å²) in [7, 11) is 3.54. The summed E-state index contributed by atoms with van der Waals surface area (Å²) >= 11 is 0. The Morgan fingerprint density at radius 1 is 0.905 bits per heavy atom. The molecule has 2 heteroatoms. The number of ether oxygens (including phenoxy) is 1. The highest BCUT2D eigenvalue weighted by Crippen LogP contribution is 2.10. The van der Waals surface area contributed by atoms with E-state index in [0.717, 1.165) is 24.3 Å². The first kappa shape index (κ1) is 15.0. The van der Waals surface area contributed by atoms with Gasteiger partial charge in [0.15, 0.2) is 0 Å². The molecule has 21 heavy (non-hydrogen) atoms. The number of benzene rings is 2. The standard InChI is InChI=1S/C19H21NO/c1-20-18(13-16-9-5-3-6-10-16)15-19(21-2)14-17-11-7-4-8-12-17/h3-12,15H,13-14H2,1-2H3/b19-15-,20-18+. The van der Waals surface area contributed by atoms with Crippen LogP contribution in [0.3, 0.4) is 0 Å². The smallest absolute Gasteiger partial charge is 0.102 e. The first-order valence-corrected chi connectivity index (χ1v) is 7.10. The number of hydrogen-bond acceptors (Lipinski definition) is 2. The molecule has 0 aliphatic carbocycles. The summed E-state index contributed by atoms with van der Waals surface area (Å²) in [5, 5.41) is 0. The number of allylic oxidation sites excluding steroid dienone is 2. The van der Waals surface area contributed by atoms with Gasteiger partial charge in [0.25, 0.3) is 0 Å². The van der Waals surface area contributed by atoms with E-state index in [0.29, 0.717) is 0 Å². The molecule has 2 nitrogen and oxygen atoms in total. The zero-order valence-electron chi connectivity index (χ0n) is 12.6. The van der Waals surface area contributed by atoms with Crippen molar-refractivity contribution < 1.29 is 4.74 Å². The van der Waals surface area contributed by atoms with Crippen LogP contribution in [0.2, 0.25) is 0 Å². The van der Waals surface area contributed by atoms with Gasteiger partial charge in [-0.2, -0.15) is 0 Å². The van der Waals surface area contributed by atoms with Gasteiger partial charge in [-0.15, -0.1) is 0 Å². The van der Waals surface area contributed by atoms with Gasteiger partial charge in [0.2, 0.25) is 0 Å². The van der Waals surface area contributed by atoms with Crippen LogP contribution in [0.25, 0.3) is 0 Å². The molecule has 2 aromatic carbocycles. The first-order chi connectivity index (χ1) is 10.3. The van der Waals surface area contributed by atoms with Gasteiger partial charge >= 0.3 is 0 Å². The molecule has 0 saturated heterocycles. The average molecular weight is 279 g/mol.